The molecule has 1 aromatic rings. The van der Waals surface area contributed by atoms with Crippen molar-refractivity contribution in [2.45, 2.75) is 0 Å². The van der Waals surface area contributed by atoms with Crippen LogP contribution in [0.2, 0.25) is 0 Å². The minimum absolute atomic E-state index is 0. The molecule has 0 spiro atoms. The summed E-state index contributed by atoms with van der Waals surface area (Å²) in [4.78, 5) is 0. The maximum absolute atomic E-state index is 3.96. The number of aromatic nitrogens is 3. The van der Waals surface area contributed by atoms with Crippen LogP contribution < -0.4 is 6.15 Å². The van der Waals surface area contributed by atoms with Gasteiger partial charge in [-0.2, -0.15) is 14.4 Å². The largest absolute Gasteiger partial charge is 0.344 e. The lowest BCUT2D eigenvalue weighted by molar-refractivity contribution is 1.69. The SMILES string of the molecule is N.P.n1p[nH][pH][nH][pH]1. The number of hydrogen-bond donors (Lipinski definition) is 3. The van der Waals surface area contributed by atoms with Gasteiger partial charge in [-0.1, -0.05) is 0 Å². The van der Waals surface area contributed by atoms with Crippen molar-refractivity contribution in [3.63, 3.8) is 0 Å². The van der Waals surface area contributed by atoms with Crippen LogP contribution in [0.5, 0.6) is 0 Å². The van der Waals surface area contributed by atoms with Gasteiger partial charge in [0, 0.05) is 17.0 Å². The fourth-order valence-corrected chi connectivity index (χ4v) is 2.81. The number of nitrogens with zero attached hydrogens (tertiary/aromatic N) is 1. The molecule has 3 unspecified atom stereocenters. The lowest BCUT2D eigenvalue weighted by atomic mass is 13.9. The van der Waals surface area contributed by atoms with Gasteiger partial charge in [0.15, 0.2) is 0 Å². The van der Waals surface area contributed by atoms with Crippen LogP contribution in [-0.4, -0.2) is 13.5 Å². The van der Waals surface area contributed by atoms with Crippen molar-refractivity contribution in [1.82, 2.24) is 19.7 Å². The van der Waals surface area contributed by atoms with Crippen molar-refractivity contribution in [2.24, 2.45) is 0 Å². The van der Waals surface area contributed by atoms with Gasteiger partial charge in [-0.3, -0.25) is 0 Å². The highest BCUT2D eigenvalue weighted by atomic mass is 31.1. The van der Waals surface area contributed by atoms with Crippen LogP contribution >= 0.6 is 35.4 Å². The van der Waals surface area contributed by atoms with Crippen LogP contribution in [-0.2, 0) is 0 Å². The lowest BCUT2D eigenvalue weighted by Gasteiger charge is -1.75. The zero-order chi connectivity index (χ0) is 4.24. The summed E-state index contributed by atoms with van der Waals surface area (Å²) in [7, 11) is 2.36. The molecule has 0 bridgehead atoms. The van der Waals surface area contributed by atoms with Crippen LogP contribution in [0.4, 0.5) is 0 Å². The first-order valence-corrected chi connectivity index (χ1v) is 4.19. The monoisotopic (exact) mass is 190 g/mol. The van der Waals surface area contributed by atoms with E-state index in [2.05, 4.69) is 13.5 Å². The molecule has 1 heterocycles. The van der Waals surface area contributed by atoms with E-state index < -0.39 is 0 Å². The van der Waals surface area contributed by atoms with E-state index in [0.717, 1.165) is 8.51 Å². The second-order valence-electron chi connectivity index (χ2n) is 0.674. The molecule has 50 valence electrons. The summed E-state index contributed by atoms with van der Waals surface area (Å²) in [5.41, 5.74) is 0. The third kappa shape index (κ3) is 4.84. The molecule has 0 aliphatic rings. The van der Waals surface area contributed by atoms with Crippen molar-refractivity contribution in [2.75, 3.05) is 0 Å². The molecule has 0 saturated carbocycles. The van der Waals surface area contributed by atoms with Crippen molar-refractivity contribution in [1.29, 1.82) is 0 Å². The van der Waals surface area contributed by atoms with E-state index in [-0.39, 0.29) is 16.0 Å². The average Bonchev–Trinajstić information content (AvgIpc) is 1.72. The van der Waals surface area contributed by atoms with E-state index >= 15 is 0 Å². The molecule has 0 aromatic carbocycles. The Balaban J connectivity index is 0. The van der Waals surface area contributed by atoms with Gasteiger partial charge in [0.2, 0.25) is 0 Å². The summed E-state index contributed by atoms with van der Waals surface area (Å²) in [6.07, 6.45) is 0. The summed E-state index contributed by atoms with van der Waals surface area (Å²) in [5.74, 6) is 0. The molecule has 4 nitrogen and oxygen atoms in total. The molecule has 5 N–H and O–H groups in total. The van der Waals surface area contributed by atoms with Crippen LogP contribution in [0, 0.1) is 0 Å². The van der Waals surface area contributed by atoms with Gasteiger partial charge >= 0.3 is 0 Å². The highest BCUT2D eigenvalue weighted by Crippen LogP contribution is 2.01. The van der Waals surface area contributed by atoms with Gasteiger partial charge in [-0.15, -0.1) is 0 Å². The van der Waals surface area contributed by atoms with Crippen LogP contribution in [0.25, 0.3) is 0 Å². The maximum Gasteiger partial charge on any atom is 0.138 e. The van der Waals surface area contributed by atoms with E-state index in [1.54, 1.807) is 0 Å². The van der Waals surface area contributed by atoms with Crippen molar-refractivity contribution in [3.8, 4) is 0 Å². The zero-order valence-electron chi connectivity index (χ0n) is 4.31. The number of nitrogens with one attached hydrogen (secondary N) is 2. The quantitative estimate of drug-likeness (QED) is 0.544. The molecule has 0 radical (unpaired) electrons. The second-order valence-corrected chi connectivity index (χ2v) is 4.04. The molecule has 0 fully saturated rings. The highest BCUT2D eigenvalue weighted by molar-refractivity contribution is 7.43. The van der Waals surface area contributed by atoms with Crippen LogP contribution in [0.3, 0.4) is 0 Å². The van der Waals surface area contributed by atoms with Crippen LogP contribution in [0.15, 0.2) is 0 Å². The first kappa shape index (κ1) is 11.5. The Kier molecular flexibility index (Phi) is 11.0. The van der Waals surface area contributed by atoms with E-state index in [9.17, 15) is 0 Å². The van der Waals surface area contributed by atoms with Crippen LogP contribution in [0.1, 0.15) is 0 Å². The molecule has 0 amide bonds. The first-order chi connectivity index (χ1) is 3.00. The Labute approximate surface area is 55.8 Å². The summed E-state index contributed by atoms with van der Waals surface area (Å²) >= 11 is 0. The first-order valence-electron chi connectivity index (χ1n) is 1.40. The average molecular weight is 190 g/mol. The number of rotatable bonds is 0. The molecule has 0 aliphatic heterocycles. The Bertz CT molecular complexity index is 80.0. The molecule has 1 aromatic heterocycles. The molecular weight excluding hydrogens is 180 g/mol. The smallest absolute Gasteiger partial charge is 0.138 e. The fourth-order valence-electron chi connectivity index (χ4n) is 0.156. The Morgan fingerprint density at radius 3 is 2.38 bits per heavy atom. The van der Waals surface area contributed by atoms with E-state index in [4.69, 9.17) is 0 Å². The topological polar surface area (TPSA) is 79.5 Å². The molecule has 8 heavy (non-hydrogen) atoms. The third-order valence-electron chi connectivity index (χ3n) is 0.324. The standard InChI is InChI=1S/H4N3P3.H3N.H3P/c1-4-2-6-3-5-1;;/h1,4-5H,(H,2,3);2*1H3. The minimum Gasteiger partial charge on any atom is -0.344 e. The van der Waals surface area contributed by atoms with Crippen molar-refractivity contribution < 1.29 is 0 Å². The number of hydrogen-bond acceptors (Lipinski definition) is 2. The minimum atomic E-state index is 0. The molecule has 0 saturated heterocycles. The summed E-state index contributed by atoms with van der Waals surface area (Å²) in [5, 5.41) is 0. The Morgan fingerprint density at radius 1 is 1.50 bits per heavy atom. The summed E-state index contributed by atoms with van der Waals surface area (Å²) in [6, 6.07) is 0. The number of H-pyrrole nitrogens is 2. The molecule has 8 heteroatoms. The van der Waals surface area contributed by atoms with E-state index in [0.29, 0.717) is 17.0 Å². The highest BCUT2D eigenvalue weighted by Gasteiger charge is 1.55. The van der Waals surface area contributed by atoms with Crippen molar-refractivity contribution >= 4 is 35.4 Å². The van der Waals surface area contributed by atoms with Gasteiger partial charge in [0.25, 0.3) is 0 Å². The van der Waals surface area contributed by atoms with Gasteiger partial charge in [0.05, 0.1) is 0 Å². The molecule has 0 aliphatic carbocycles. The van der Waals surface area contributed by atoms with Crippen molar-refractivity contribution in [3.05, 3.63) is 0 Å². The predicted molar refractivity (Wildman–Crippen MR) is 48.2 cm³/mol. The zero-order valence-corrected chi connectivity index (χ0v) is 8.62. The normalized spacial score (nSPS) is 9.00. The van der Waals surface area contributed by atoms with E-state index in [1.165, 1.54) is 0 Å². The molecule has 3 atom stereocenters. The molecule has 1 rings (SSSR count). The van der Waals surface area contributed by atoms with E-state index in [1.807, 2.05) is 0 Å². The summed E-state index contributed by atoms with van der Waals surface area (Å²) < 4.78 is 10.0. The lowest BCUT2D eigenvalue weighted by Crippen LogP contribution is -1.47. The van der Waals surface area contributed by atoms with Gasteiger partial charge < -0.3 is 15.2 Å². The summed E-state index contributed by atoms with van der Waals surface area (Å²) in [6.45, 7) is 0. The Hall–Kier alpha value is 0.690. The third-order valence-corrected chi connectivity index (χ3v) is 2.92. The molecular formula is H10N4P4. The van der Waals surface area contributed by atoms with Gasteiger partial charge in [-0.25, -0.2) is 0 Å². The van der Waals surface area contributed by atoms with Gasteiger partial charge in [0.1, 0.15) is 8.51 Å². The number of aromatic amines is 2. The Morgan fingerprint density at radius 2 is 2.25 bits per heavy atom. The van der Waals surface area contributed by atoms with Gasteiger partial charge in [-0.05, 0) is 0 Å². The predicted octanol–water partition coefficient (Wildman–Crippen LogP) is 1.72. The maximum atomic E-state index is 3.96. The fraction of sp³-hybridized carbons (Fsp3) is 0. The second kappa shape index (κ2) is 7.69.